The summed E-state index contributed by atoms with van der Waals surface area (Å²) in [6.07, 6.45) is 0. The molecule has 2 nitrogen and oxygen atoms in total. The zero-order valence-electron chi connectivity index (χ0n) is 45.0. The fourth-order valence-corrected chi connectivity index (χ4v) is 12.0. The highest BCUT2D eigenvalue weighted by atomic mass is 15.2. The molecule has 0 heterocycles. The molecule has 0 aliphatic rings. The van der Waals surface area contributed by atoms with Crippen LogP contribution in [0.1, 0.15) is 72.9 Å². The number of nitrogens with zero attached hydrogens (tertiary/aromatic N) is 2. The van der Waals surface area contributed by atoms with E-state index in [4.69, 9.17) is 0 Å². The molecule has 12 rings (SSSR count). The number of anilines is 6. The van der Waals surface area contributed by atoms with Crippen LogP contribution in [0.4, 0.5) is 34.1 Å². The highest BCUT2D eigenvalue weighted by molar-refractivity contribution is 6.29. The van der Waals surface area contributed by atoms with Crippen molar-refractivity contribution >= 4 is 66.4 Å². The quantitative estimate of drug-likeness (QED) is 0.113. The molecule has 370 valence electrons. The third-order valence-corrected chi connectivity index (χ3v) is 16.0. The average Bonchev–Trinajstić information content (AvgIpc) is 3.50. The van der Waals surface area contributed by atoms with Gasteiger partial charge in [-0.15, -0.1) is 0 Å². The maximum Gasteiger partial charge on any atom is 0.0543 e. The molecule has 0 fully saturated rings. The first-order chi connectivity index (χ1) is 37.0. The number of hydrogen-bond acceptors (Lipinski definition) is 2. The summed E-state index contributed by atoms with van der Waals surface area (Å²) in [7, 11) is 0. The summed E-state index contributed by atoms with van der Waals surface area (Å²) in [5.74, 6) is 0.483. The Hall–Kier alpha value is -8.72. The summed E-state index contributed by atoms with van der Waals surface area (Å²) >= 11 is 0. The smallest absolute Gasteiger partial charge is 0.0543 e. The molecule has 12 aromatic rings. The second kappa shape index (κ2) is 19.9. The van der Waals surface area contributed by atoms with Crippen molar-refractivity contribution in [3.05, 3.63) is 264 Å². The Morgan fingerprint density at radius 2 is 0.605 bits per heavy atom. The molecule has 0 aliphatic heterocycles. The molecule has 0 unspecified atom stereocenters. The van der Waals surface area contributed by atoms with Gasteiger partial charge in [0.25, 0.3) is 0 Å². The van der Waals surface area contributed by atoms with Gasteiger partial charge in [-0.25, -0.2) is 0 Å². The van der Waals surface area contributed by atoms with Crippen molar-refractivity contribution in [1.29, 1.82) is 0 Å². The van der Waals surface area contributed by atoms with Gasteiger partial charge < -0.3 is 9.80 Å². The van der Waals surface area contributed by atoms with Crippen LogP contribution in [0, 0.1) is 27.7 Å². The molecular weight excluding hydrogens is 917 g/mol. The van der Waals surface area contributed by atoms with E-state index in [1.54, 1.807) is 0 Å². The van der Waals surface area contributed by atoms with Gasteiger partial charge in [0.15, 0.2) is 0 Å². The normalized spacial score (nSPS) is 11.7. The van der Waals surface area contributed by atoms with Crippen LogP contribution in [0.2, 0.25) is 0 Å². The van der Waals surface area contributed by atoms with Gasteiger partial charge in [-0.05, 0) is 175 Å². The second-order valence-electron chi connectivity index (χ2n) is 21.4. The Kier molecular flexibility index (Phi) is 12.6. The van der Waals surface area contributed by atoms with Gasteiger partial charge in [-0.1, -0.05) is 222 Å². The first-order valence-corrected chi connectivity index (χ1v) is 27.1. The van der Waals surface area contributed by atoms with Crippen LogP contribution in [0.3, 0.4) is 0 Å². The van der Waals surface area contributed by atoms with Gasteiger partial charge in [0.2, 0.25) is 0 Å². The number of aryl methyl sites for hydroxylation is 2. The van der Waals surface area contributed by atoms with Crippen molar-refractivity contribution in [2.45, 2.75) is 67.2 Å². The van der Waals surface area contributed by atoms with E-state index in [9.17, 15) is 0 Å². The van der Waals surface area contributed by atoms with Crippen LogP contribution in [0.25, 0.3) is 76.8 Å². The molecule has 0 amide bonds. The second-order valence-corrected chi connectivity index (χ2v) is 21.4. The molecular formula is C74H64N2. The summed E-state index contributed by atoms with van der Waals surface area (Å²) in [6, 6.07) is 85.8. The van der Waals surface area contributed by atoms with E-state index in [1.807, 2.05) is 0 Å². The number of benzene rings is 12. The Bertz CT molecular complexity index is 3810. The first kappa shape index (κ1) is 48.2. The zero-order valence-corrected chi connectivity index (χ0v) is 45.0. The molecule has 2 heteroatoms. The van der Waals surface area contributed by atoms with Crippen LogP contribution in [-0.4, -0.2) is 0 Å². The summed E-state index contributed by atoms with van der Waals surface area (Å²) in [5.41, 5.74) is 24.2. The van der Waals surface area contributed by atoms with Crippen LogP contribution in [0.5, 0.6) is 0 Å². The Morgan fingerprint density at radius 3 is 0.961 bits per heavy atom. The van der Waals surface area contributed by atoms with E-state index in [-0.39, 0.29) is 11.8 Å². The van der Waals surface area contributed by atoms with Crippen LogP contribution < -0.4 is 9.80 Å². The maximum absolute atomic E-state index is 2.59. The third kappa shape index (κ3) is 8.39. The standard InChI is InChI=1S/C74H64N2/c1-47(2)65-45-71(75(67-33-21-31-59(51(67)7)55-27-17-11-18-28-55)69-43-57(37-35-49(69)5)53-23-13-9-14-24-53)63-42-40-62-66(48(3)4)46-72(64-41-39-61(65)73(63)74(62)64)76(68-34-22-32-60(52(68)8)56-29-19-12-20-30-56)70-44-58(38-36-50(70)6)54-25-15-10-16-26-54/h9-48H,1-8H3. The van der Waals surface area contributed by atoms with Crippen molar-refractivity contribution in [1.82, 2.24) is 0 Å². The molecule has 0 bridgehead atoms. The van der Waals surface area contributed by atoms with Gasteiger partial charge in [-0.2, -0.15) is 0 Å². The lowest BCUT2D eigenvalue weighted by Gasteiger charge is -2.34. The molecule has 0 aliphatic carbocycles. The summed E-state index contributed by atoms with van der Waals surface area (Å²) in [6.45, 7) is 18.6. The fraction of sp³-hybridized carbons (Fsp3) is 0.135. The molecule has 0 radical (unpaired) electrons. The molecule has 0 aromatic heterocycles. The van der Waals surface area contributed by atoms with Gasteiger partial charge in [0, 0.05) is 33.5 Å². The fourth-order valence-electron chi connectivity index (χ4n) is 12.0. The maximum atomic E-state index is 2.59. The van der Waals surface area contributed by atoms with Gasteiger partial charge in [0.05, 0.1) is 11.4 Å². The summed E-state index contributed by atoms with van der Waals surface area (Å²) < 4.78 is 0. The molecule has 0 saturated carbocycles. The lowest BCUT2D eigenvalue weighted by molar-refractivity contribution is 0.875. The summed E-state index contributed by atoms with van der Waals surface area (Å²) in [4.78, 5) is 5.18. The highest BCUT2D eigenvalue weighted by Crippen LogP contribution is 2.53. The number of rotatable bonds is 12. The van der Waals surface area contributed by atoms with Gasteiger partial charge >= 0.3 is 0 Å². The first-order valence-electron chi connectivity index (χ1n) is 27.1. The van der Waals surface area contributed by atoms with E-state index in [1.165, 1.54) is 122 Å². The predicted molar refractivity (Wildman–Crippen MR) is 328 cm³/mol. The van der Waals surface area contributed by atoms with Crippen molar-refractivity contribution < 1.29 is 0 Å². The predicted octanol–water partition coefficient (Wildman–Crippen LogP) is 21.7. The molecule has 12 aromatic carbocycles. The largest absolute Gasteiger partial charge is 0.309 e. The monoisotopic (exact) mass is 981 g/mol. The van der Waals surface area contributed by atoms with E-state index in [2.05, 4.69) is 296 Å². The Balaban J connectivity index is 1.20. The summed E-state index contributed by atoms with van der Waals surface area (Å²) in [5, 5.41) is 7.69. The lowest BCUT2D eigenvalue weighted by atomic mass is 9.83. The highest BCUT2D eigenvalue weighted by Gasteiger charge is 2.29. The van der Waals surface area contributed by atoms with Crippen molar-refractivity contribution in [2.24, 2.45) is 0 Å². The lowest BCUT2D eigenvalue weighted by Crippen LogP contribution is -2.15. The van der Waals surface area contributed by atoms with Crippen molar-refractivity contribution in [3.8, 4) is 44.5 Å². The van der Waals surface area contributed by atoms with Crippen molar-refractivity contribution in [3.63, 3.8) is 0 Å². The molecule has 0 N–H and O–H groups in total. The topological polar surface area (TPSA) is 6.48 Å². The van der Waals surface area contributed by atoms with Crippen LogP contribution in [-0.2, 0) is 0 Å². The third-order valence-electron chi connectivity index (χ3n) is 16.0. The minimum atomic E-state index is 0.242. The minimum Gasteiger partial charge on any atom is -0.309 e. The van der Waals surface area contributed by atoms with Gasteiger partial charge in [0.1, 0.15) is 0 Å². The van der Waals surface area contributed by atoms with E-state index in [0.717, 1.165) is 22.7 Å². The van der Waals surface area contributed by atoms with E-state index in [0.29, 0.717) is 0 Å². The average molecular weight is 981 g/mol. The Labute approximate surface area is 449 Å². The minimum absolute atomic E-state index is 0.242. The number of hydrogen-bond donors (Lipinski definition) is 0. The van der Waals surface area contributed by atoms with Gasteiger partial charge in [-0.3, -0.25) is 0 Å². The van der Waals surface area contributed by atoms with E-state index >= 15 is 0 Å². The molecule has 76 heavy (non-hydrogen) atoms. The molecule has 0 saturated heterocycles. The van der Waals surface area contributed by atoms with Crippen LogP contribution in [0.15, 0.2) is 231 Å². The van der Waals surface area contributed by atoms with Crippen molar-refractivity contribution in [2.75, 3.05) is 9.80 Å². The molecule has 0 spiro atoms. The van der Waals surface area contributed by atoms with Crippen LogP contribution >= 0.6 is 0 Å². The zero-order chi connectivity index (χ0) is 52.2. The molecule has 0 atom stereocenters. The van der Waals surface area contributed by atoms with E-state index < -0.39 is 0 Å². The Morgan fingerprint density at radius 1 is 0.263 bits per heavy atom. The SMILES string of the molecule is Cc1ccc(-c2ccccc2)cc1N(c1cccc(-c2ccccc2)c1C)c1cc(C(C)C)c2ccc3c(N(c4cc(-c5ccccc5)ccc4C)c4cccc(-c5ccccc5)c4C)cc(C(C)C)c4ccc1c2c43.